The first-order valence-electron chi connectivity index (χ1n) is 9.18. The van der Waals surface area contributed by atoms with Crippen molar-refractivity contribution in [3.05, 3.63) is 49.6 Å². The zero-order valence-corrected chi connectivity index (χ0v) is 18.1. The van der Waals surface area contributed by atoms with Crippen molar-refractivity contribution >= 4 is 39.3 Å². The van der Waals surface area contributed by atoms with Crippen LogP contribution in [0.2, 0.25) is 0 Å². The highest BCUT2D eigenvalue weighted by Gasteiger charge is 2.25. The lowest BCUT2D eigenvalue weighted by molar-refractivity contribution is 0.0477. The zero-order chi connectivity index (χ0) is 22.2. The fourth-order valence-corrected chi connectivity index (χ4v) is 4.28. The molecule has 10 heteroatoms. The van der Waals surface area contributed by atoms with Gasteiger partial charge in [-0.3, -0.25) is 9.59 Å². The Bertz CT molecular complexity index is 1230. The minimum Gasteiger partial charge on any atom is -0.461 e. The zero-order valence-electron chi connectivity index (χ0n) is 17.2. The molecule has 3 heterocycles. The predicted molar refractivity (Wildman–Crippen MR) is 110 cm³/mol. The molecular formula is C20H21N3O6S. The molecule has 3 rings (SSSR count). The number of esters is 2. The maximum atomic E-state index is 12.7. The van der Waals surface area contributed by atoms with Gasteiger partial charge >= 0.3 is 11.9 Å². The van der Waals surface area contributed by atoms with Gasteiger partial charge in [0.1, 0.15) is 15.4 Å². The van der Waals surface area contributed by atoms with Crippen LogP contribution in [0, 0.1) is 20.8 Å². The molecule has 0 bridgehead atoms. The van der Waals surface area contributed by atoms with Crippen molar-refractivity contribution in [1.82, 2.24) is 14.5 Å². The summed E-state index contributed by atoms with van der Waals surface area (Å²) in [7, 11) is 1.58. The molecule has 1 N–H and O–H groups in total. The number of nitrogens with zero attached hydrogens (tertiary/aromatic N) is 2. The molecule has 0 radical (unpaired) electrons. The van der Waals surface area contributed by atoms with Gasteiger partial charge in [-0.2, -0.15) is 0 Å². The van der Waals surface area contributed by atoms with E-state index in [0.29, 0.717) is 27.0 Å². The number of fused-ring (bicyclic) bond motifs is 1. The molecule has 0 unspecified atom stereocenters. The van der Waals surface area contributed by atoms with Crippen LogP contribution >= 0.6 is 11.3 Å². The summed E-state index contributed by atoms with van der Waals surface area (Å²) >= 11 is 1.04. The van der Waals surface area contributed by atoms with E-state index in [-0.39, 0.29) is 28.3 Å². The number of aromatic amines is 1. The Morgan fingerprint density at radius 3 is 2.50 bits per heavy atom. The molecule has 0 fully saturated rings. The lowest BCUT2D eigenvalue weighted by Gasteiger charge is -2.05. The lowest BCUT2D eigenvalue weighted by atomic mass is 10.1. The number of carbonyl (C=O) groups excluding carboxylic acids is 3. The van der Waals surface area contributed by atoms with E-state index in [1.54, 1.807) is 34.7 Å². The van der Waals surface area contributed by atoms with Gasteiger partial charge in [-0.1, -0.05) is 0 Å². The van der Waals surface area contributed by atoms with Crippen molar-refractivity contribution < 1.29 is 23.9 Å². The number of ketones is 1. The normalized spacial score (nSPS) is 11.0. The smallest absolute Gasteiger partial charge is 0.355 e. The fourth-order valence-electron chi connectivity index (χ4n) is 3.25. The second-order valence-electron chi connectivity index (χ2n) is 6.74. The van der Waals surface area contributed by atoms with Crippen molar-refractivity contribution in [2.75, 3.05) is 13.2 Å². The van der Waals surface area contributed by atoms with Crippen molar-refractivity contribution in [2.24, 2.45) is 7.05 Å². The van der Waals surface area contributed by atoms with Gasteiger partial charge in [0.15, 0.2) is 6.61 Å². The highest BCUT2D eigenvalue weighted by atomic mass is 32.1. The first kappa shape index (κ1) is 21.4. The summed E-state index contributed by atoms with van der Waals surface area (Å²) in [6, 6.07) is 0. The van der Waals surface area contributed by atoms with E-state index < -0.39 is 24.3 Å². The average Bonchev–Trinajstić information content (AvgIpc) is 3.19. The molecule has 158 valence electrons. The van der Waals surface area contributed by atoms with Crippen LogP contribution in [0.1, 0.15) is 54.3 Å². The summed E-state index contributed by atoms with van der Waals surface area (Å²) in [5.74, 6) is -1.70. The summed E-state index contributed by atoms with van der Waals surface area (Å²) in [6.45, 7) is 6.33. The average molecular weight is 431 g/mol. The molecule has 0 spiro atoms. The van der Waals surface area contributed by atoms with Crippen LogP contribution in [-0.2, 0) is 16.5 Å². The lowest BCUT2D eigenvalue weighted by Crippen LogP contribution is -2.17. The number of thiophene rings is 1. The molecule has 3 aromatic heterocycles. The SMILES string of the molecule is CCOC(=O)c1[nH]c(C)c(C(=O)COC(=O)c2sc3ncn(C)c(=O)c3c2C)c1C. The Morgan fingerprint density at radius 2 is 1.83 bits per heavy atom. The first-order valence-corrected chi connectivity index (χ1v) is 10.00. The van der Waals surface area contributed by atoms with Crippen LogP contribution in [0.4, 0.5) is 0 Å². The molecular weight excluding hydrogens is 410 g/mol. The Hall–Kier alpha value is -3.27. The van der Waals surface area contributed by atoms with E-state index in [9.17, 15) is 19.2 Å². The number of aryl methyl sites for hydroxylation is 3. The second-order valence-corrected chi connectivity index (χ2v) is 7.74. The molecule has 0 amide bonds. The van der Waals surface area contributed by atoms with E-state index in [0.717, 1.165) is 11.3 Å². The van der Waals surface area contributed by atoms with Gasteiger partial charge in [-0.25, -0.2) is 14.6 Å². The van der Waals surface area contributed by atoms with Gasteiger partial charge in [0.25, 0.3) is 5.56 Å². The van der Waals surface area contributed by atoms with Gasteiger partial charge in [-0.05, 0) is 38.8 Å². The summed E-state index contributed by atoms with van der Waals surface area (Å²) in [6.07, 6.45) is 1.39. The first-order chi connectivity index (χ1) is 14.2. The standard InChI is InChI=1S/C20H21N3O6S/c1-6-28-19(26)15-9(2)13(11(4)22-15)12(24)7-29-20(27)16-10(3)14-17(30-16)21-8-23(5)18(14)25/h8,22H,6-7H2,1-5H3. The number of ether oxygens (including phenoxy) is 2. The highest BCUT2D eigenvalue weighted by molar-refractivity contribution is 7.20. The molecule has 0 saturated heterocycles. The number of hydrogen-bond acceptors (Lipinski definition) is 8. The van der Waals surface area contributed by atoms with Gasteiger partial charge < -0.3 is 19.0 Å². The molecule has 0 saturated carbocycles. The van der Waals surface area contributed by atoms with Crippen molar-refractivity contribution in [3.8, 4) is 0 Å². The summed E-state index contributed by atoms with van der Waals surface area (Å²) in [5.41, 5.74) is 1.63. The van der Waals surface area contributed by atoms with Gasteiger partial charge in [0, 0.05) is 18.3 Å². The quantitative estimate of drug-likeness (QED) is 0.470. The predicted octanol–water partition coefficient (Wildman–Crippen LogP) is 2.46. The summed E-state index contributed by atoms with van der Waals surface area (Å²) in [4.78, 5) is 57.2. The topological polar surface area (TPSA) is 120 Å². The number of nitrogens with one attached hydrogen (secondary N) is 1. The number of rotatable bonds is 6. The molecule has 0 aliphatic rings. The van der Waals surface area contributed by atoms with Crippen molar-refractivity contribution in [3.63, 3.8) is 0 Å². The highest BCUT2D eigenvalue weighted by Crippen LogP contribution is 2.27. The van der Waals surface area contributed by atoms with Gasteiger partial charge in [-0.15, -0.1) is 11.3 Å². The van der Waals surface area contributed by atoms with Crippen LogP contribution in [-0.4, -0.2) is 45.5 Å². The molecule has 0 aromatic carbocycles. The maximum absolute atomic E-state index is 12.7. The second kappa shape index (κ2) is 8.23. The maximum Gasteiger partial charge on any atom is 0.355 e. The minimum absolute atomic E-state index is 0.200. The number of carbonyl (C=O) groups is 3. The van der Waals surface area contributed by atoms with E-state index in [2.05, 4.69) is 9.97 Å². The fraction of sp³-hybridized carbons (Fsp3) is 0.350. The number of H-pyrrole nitrogens is 1. The van der Waals surface area contributed by atoms with E-state index in [1.807, 2.05) is 0 Å². The summed E-state index contributed by atoms with van der Waals surface area (Å²) < 4.78 is 11.5. The third-order valence-electron chi connectivity index (χ3n) is 4.73. The Kier molecular flexibility index (Phi) is 5.88. The minimum atomic E-state index is -0.706. The number of Topliss-reactive ketones (excluding diaryl/α,β-unsaturated/α-hetero) is 1. The van der Waals surface area contributed by atoms with Crippen LogP contribution < -0.4 is 5.56 Å². The molecule has 30 heavy (non-hydrogen) atoms. The third kappa shape index (κ3) is 3.65. The van der Waals surface area contributed by atoms with Crippen LogP contribution in [0.5, 0.6) is 0 Å². The monoisotopic (exact) mass is 431 g/mol. The molecule has 0 aliphatic heterocycles. The number of hydrogen-bond donors (Lipinski definition) is 1. The van der Waals surface area contributed by atoms with Crippen molar-refractivity contribution in [1.29, 1.82) is 0 Å². The molecule has 3 aromatic rings. The third-order valence-corrected chi connectivity index (χ3v) is 5.91. The van der Waals surface area contributed by atoms with Crippen LogP contribution in [0.3, 0.4) is 0 Å². The Labute approximate surface area is 175 Å². The molecule has 0 aliphatic carbocycles. The van der Waals surface area contributed by atoms with E-state index >= 15 is 0 Å². The van der Waals surface area contributed by atoms with E-state index in [1.165, 1.54) is 10.9 Å². The Morgan fingerprint density at radius 1 is 1.13 bits per heavy atom. The molecule has 9 nitrogen and oxygen atoms in total. The van der Waals surface area contributed by atoms with Crippen LogP contribution in [0.25, 0.3) is 10.2 Å². The molecule has 0 atom stereocenters. The Balaban J connectivity index is 1.81. The van der Waals surface area contributed by atoms with Gasteiger partial charge in [0.2, 0.25) is 5.78 Å². The van der Waals surface area contributed by atoms with Crippen molar-refractivity contribution in [2.45, 2.75) is 27.7 Å². The number of aromatic nitrogens is 3. The summed E-state index contributed by atoms with van der Waals surface area (Å²) in [5, 5.41) is 0.361. The van der Waals surface area contributed by atoms with Crippen LogP contribution in [0.15, 0.2) is 11.1 Å². The largest absolute Gasteiger partial charge is 0.461 e. The van der Waals surface area contributed by atoms with Gasteiger partial charge in [0.05, 0.1) is 18.3 Å². The van der Waals surface area contributed by atoms with E-state index in [4.69, 9.17) is 9.47 Å².